The average molecular weight is 514 g/mol. The fourth-order valence-corrected chi connectivity index (χ4v) is 5.82. The Labute approximate surface area is 216 Å². The summed E-state index contributed by atoms with van der Waals surface area (Å²) < 4.78 is 5.95. The summed E-state index contributed by atoms with van der Waals surface area (Å²) in [5.74, 6) is 1.11. The summed E-state index contributed by atoms with van der Waals surface area (Å²) in [6, 6.07) is 16.4. The molecule has 2 aromatic carbocycles. The molecule has 4 aromatic rings. The van der Waals surface area contributed by atoms with Crippen molar-refractivity contribution in [2.45, 2.75) is 19.4 Å². The molecule has 0 spiro atoms. The molecule has 0 saturated carbocycles. The SMILES string of the molecule is Cc1cc(Oc2ccccc2)ccc1N1C(=O)Nc2c(C(=O)N[C@@H]3CCN(C=O)C3)sc3nccc1c23. The highest BCUT2D eigenvalue weighted by Gasteiger charge is 2.34. The zero-order valence-electron chi connectivity index (χ0n) is 19.9. The number of nitrogens with zero attached hydrogens (tertiary/aromatic N) is 3. The minimum Gasteiger partial charge on any atom is -0.457 e. The van der Waals surface area contributed by atoms with E-state index in [1.54, 1.807) is 22.1 Å². The lowest BCUT2D eigenvalue weighted by Gasteiger charge is -2.29. The fraction of sp³-hybridized carbons (Fsp3) is 0.185. The number of aryl methyl sites for hydroxylation is 1. The lowest BCUT2D eigenvalue weighted by Crippen LogP contribution is -2.38. The molecule has 2 aromatic heterocycles. The van der Waals surface area contributed by atoms with Crippen molar-refractivity contribution < 1.29 is 19.1 Å². The van der Waals surface area contributed by atoms with E-state index in [2.05, 4.69) is 15.6 Å². The second-order valence-corrected chi connectivity index (χ2v) is 10.0. The molecule has 0 bridgehead atoms. The van der Waals surface area contributed by atoms with Gasteiger partial charge in [0.25, 0.3) is 5.91 Å². The van der Waals surface area contributed by atoms with Crippen molar-refractivity contribution in [3.8, 4) is 11.5 Å². The zero-order valence-corrected chi connectivity index (χ0v) is 20.7. The molecule has 1 saturated heterocycles. The topological polar surface area (TPSA) is 104 Å². The van der Waals surface area contributed by atoms with Crippen molar-refractivity contribution in [1.82, 2.24) is 15.2 Å². The summed E-state index contributed by atoms with van der Waals surface area (Å²) in [4.78, 5) is 46.4. The van der Waals surface area contributed by atoms with Gasteiger partial charge < -0.3 is 20.3 Å². The molecule has 0 aliphatic carbocycles. The maximum Gasteiger partial charge on any atom is 0.331 e. The fourth-order valence-electron chi connectivity index (χ4n) is 4.80. The quantitative estimate of drug-likeness (QED) is 0.352. The van der Waals surface area contributed by atoms with Crippen LogP contribution in [0.25, 0.3) is 10.2 Å². The number of para-hydroxylation sites is 1. The van der Waals surface area contributed by atoms with Crippen LogP contribution in [-0.4, -0.2) is 47.4 Å². The van der Waals surface area contributed by atoms with Gasteiger partial charge in [0.05, 0.1) is 22.4 Å². The number of nitrogens with one attached hydrogen (secondary N) is 2. The smallest absolute Gasteiger partial charge is 0.331 e. The van der Waals surface area contributed by atoms with Crippen LogP contribution in [0.5, 0.6) is 11.5 Å². The highest BCUT2D eigenvalue weighted by molar-refractivity contribution is 7.21. The van der Waals surface area contributed by atoms with E-state index in [0.29, 0.717) is 52.0 Å². The van der Waals surface area contributed by atoms with Crippen molar-refractivity contribution in [2.24, 2.45) is 0 Å². The van der Waals surface area contributed by atoms with Crippen LogP contribution in [0.2, 0.25) is 0 Å². The van der Waals surface area contributed by atoms with Gasteiger partial charge in [-0.3, -0.25) is 14.5 Å². The van der Waals surface area contributed by atoms with Crippen molar-refractivity contribution in [3.63, 3.8) is 0 Å². The van der Waals surface area contributed by atoms with Gasteiger partial charge in [-0.25, -0.2) is 9.78 Å². The minimum atomic E-state index is -0.361. The number of ether oxygens (including phenoxy) is 1. The monoisotopic (exact) mass is 513 g/mol. The van der Waals surface area contributed by atoms with Crippen LogP contribution in [-0.2, 0) is 4.79 Å². The number of aromatic nitrogens is 1. The number of hydrogen-bond donors (Lipinski definition) is 2. The second kappa shape index (κ2) is 9.21. The number of amides is 4. The second-order valence-electron chi connectivity index (χ2n) is 9.00. The van der Waals surface area contributed by atoms with Crippen molar-refractivity contribution in [3.05, 3.63) is 71.2 Å². The number of anilines is 3. The van der Waals surface area contributed by atoms with Gasteiger partial charge in [0.1, 0.15) is 21.2 Å². The Kier molecular flexibility index (Phi) is 5.72. The Hall–Kier alpha value is -4.44. The molecule has 6 rings (SSSR count). The maximum atomic E-state index is 13.4. The zero-order chi connectivity index (χ0) is 25.5. The number of urea groups is 1. The molecule has 4 amide bonds. The number of carbonyl (C=O) groups excluding carboxylic acids is 3. The largest absolute Gasteiger partial charge is 0.457 e. The van der Waals surface area contributed by atoms with Gasteiger partial charge in [-0.2, -0.15) is 0 Å². The Morgan fingerprint density at radius 3 is 2.76 bits per heavy atom. The lowest BCUT2D eigenvalue weighted by atomic mass is 10.1. The minimum absolute atomic E-state index is 0.127. The molecule has 186 valence electrons. The molecule has 4 heterocycles. The number of benzene rings is 2. The van der Waals surface area contributed by atoms with E-state index in [9.17, 15) is 14.4 Å². The van der Waals surface area contributed by atoms with Crippen LogP contribution < -0.4 is 20.3 Å². The van der Waals surface area contributed by atoms with Gasteiger partial charge in [0.2, 0.25) is 6.41 Å². The summed E-state index contributed by atoms with van der Waals surface area (Å²) in [6.07, 6.45) is 3.13. The van der Waals surface area contributed by atoms with Gasteiger partial charge in [0.15, 0.2) is 0 Å². The lowest BCUT2D eigenvalue weighted by molar-refractivity contribution is -0.117. The molecule has 2 aliphatic rings. The van der Waals surface area contributed by atoms with Gasteiger partial charge >= 0.3 is 6.03 Å². The van der Waals surface area contributed by atoms with Gasteiger partial charge in [-0.1, -0.05) is 18.2 Å². The van der Waals surface area contributed by atoms with E-state index in [-0.39, 0.29) is 18.0 Å². The van der Waals surface area contributed by atoms with Crippen LogP contribution in [0.3, 0.4) is 0 Å². The van der Waals surface area contributed by atoms with E-state index in [4.69, 9.17) is 4.74 Å². The summed E-state index contributed by atoms with van der Waals surface area (Å²) in [5.41, 5.74) is 2.68. The molecule has 1 atom stereocenters. The summed E-state index contributed by atoms with van der Waals surface area (Å²) in [7, 11) is 0. The molecular weight excluding hydrogens is 490 g/mol. The van der Waals surface area contributed by atoms with Gasteiger partial charge in [-0.05, 0) is 55.3 Å². The number of likely N-dealkylation sites (tertiary alicyclic amines) is 1. The highest BCUT2D eigenvalue weighted by Crippen LogP contribution is 2.46. The van der Waals surface area contributed by atoms with Crippen molar-refractivity contribution in [2.75, 3.05) is 23.3 Å². The van der Waals surface area contributed by atoms with Gasteiger partial charge in [-0.15, -0.1) is 11.3 Å². The first kappa shape index (κ1) is 23.0. The third kappa shape index (κ3) is 4.15. The first-order chi connectivity index (χ1) is 18.0. The Bertz CT molecular complexity index is 1540. The normalized spacial score (nSPS) is 16.6. The van der Waals surface area contributed by atoms with Crippen molar-refractivity contribution in [1.29, 1.82) is 0 Å². The molecule has 1 fully saturated rings. The summed E-state index contributed by atoms with van der Waals surface area (Å²) in [6.45, 7) is 3.01. The molecular formula is C27H23N5O4S. The third-order valence-corrected chi connectivity index (χ3v) is 7.64. The molecule has 9 nitrogen and oxygen atoms in total. The summed E-state index contributed by atoms with van der Waals surface area (Å²) in [5, 5.41) is 6.65. The van der Waals surface area contributed by atoms with Crippen molar-refractivity contribution >= 4 is 57.0 Å². The molecule has 2 aliphatic heterocycles. The molecule has 2 N–H and O–H groups in total. The molecule has 0 unspecified atom stereocenters. The van der Waals surface area contributed by atoms with E-state index < -0.39 is 0 Å². The molecule has 37 heavy (non-hydrogen) atoms. The van der Waals surface area contributed by atoms with E-state index >= 15 is 0 Å². The maximum absolute atomic E-state index is 13.4. The Balaban J connectivity index is 1.33. The van der Waals surface area contributed by atoms with Crippen LogP contribution in [0.4, 0.5) is 21.9 Å². The van der Waals surface area contributed by atoms with Crippen LogP contribution in [0.1, 0.15) is 21.7 Å². The number of carbonyl (C=O) groups is 3. The predicted octanol–water partition coefficient (Wildman–Crippen LogP) is 5.04. The van der Waals surface area contributed by atoms with Crippen LogP contribution in [0.15, 0.2) is 60.8 Å². The number of hydrogen-bond acceptors (Lipinski definition) is 6. The Morgan fingerprint density at radius 1 is 1.16 bits per heavy atom. The number of rotatable bonds is 6. The average Bonchev–Trinajstić information content (AvgIpc) is 3.51. The summed E-state index contributed by atoms with van der Waals surface area (Å²) >= 11 is 1.24. The molecule has 10 heteroatoms. The third-order valence-electron chi connectivity index (χ3n) is 6.54. The van der Waals surface area contributed by atoms with E-state index in [0.717, 1.165) is 23.1 Å². The van der Waals surface area contributed by atoms with E-state index in [1.165, 1.54) is 11.3 Å². The first-order valence-electron chi connectivity index (χ1n) is 11.9. The first-order valence-corrected chi connectivity index (χ1v) is 12.7. The number of thiophene rings is 1. The standard InChI is InChI=1S/C27H23N5O4S/c1-16-13-19(36-18-5-3-2-4-6-18)7-8-20(16)32-21-9-11-28-26-22(21)23(30-27(32)35)24(37-26)25(34)29-17-10-12-31(14-17)15-33/h2-9,11,13,15,17H,10,12,14H2,1H3,(H,29,34)(H,30,35)/t17-/m1/s1. The number of pyridine rings is 1. The van der Waals surface area contributed by atoms with Crippen LogP contribution >= 0.6 is 11.3 Å². The Morgan fingerprint density at radius 2 is 2.00 bits per heavy atom. The molecule has 0 radical (unpaired) electrons. The van der Waals surface area contributed by atoms with Gasteiger partial charge in [0, 0.05) is 25.3 Å². The van der Waals surface area contributed by atoms with Crippen LogP contribution in [0, 0.1) is 6.92 Å². The van der Waals surface area contributed by atoms with E-state index in [1.807, 2.05) is 55.5 Å². The predicted molar refractivity (Wildman–Crippen MR) is 142 cm³/mol. The highest BCUT2D eigenvalue weighted by atomic mass is 32.1.